The highest BCUT2D eigenvalue weighted by Gasteiger charge is 2.14. The summed E-state index contributed by atoms with van der Waals surface area (Å²) < 4.78 is 6.25. The van der Waals surface area contributed by atoms with Crippen LogP contribution in [-0.2, 0) is 4.74 Å². The molecule has 1 saturated heterocycles. The Kier molecular flexibility index (Phi) is 3.86. The number of nitrogens with zero attached hydrogens (tertiary/aromatic N) is 2. The van der Waals surface area contributed by atoms with E-state index in [0.717, 1.165) is 36.5 Å². The highest BCUT2D eigenvalue weighted by molar-refractivity contribution is 9.10. The molecule has 0 aliphatic carbocycles. The molecule has 1 aliphatic rings. The summed E-state index contributed by atoms with van der Waals surface area (Å²) in [4.78, 5) is 2.24. The van der Waals surface area contributed by atoms with Crippen molar-refractivity contribution in [1.29, 1.82) is 0 Å². The lowest BCUT2D eigenvalue weighted by molar-refractivity contribution is 0.122. The van der Waals surface area contributed by atoms with Gasteiger partial charge in [0.15, 0.2) is 5.84 Å². The van der Waals surface area contributed by atoms with Crippen LogP contribution < -0.4 is 10.6 Å². The van der Waals surface area contributed by atoms with E-state index >= 15 is 0 Å². The third-order valence-corrected chi connectivity index (χ3v) is 3.34. The van der Waals surface area contributed by atoms with Gasteiger partial charge in [-0.3, -0.25) is 0 Å². The first-order valence-corrected chi connectivity index (χ1v) is 6.12. The van der Waals surface area contributed by atoms with Gasteiger partial charge in [0.2, 0.25) is 0 Å². The first kappa shape index (κ1) is 12.2. The smallest absolute Gasteiger partial charge is 0.170 e. The summed E-state index contributed by atoms with van der Waals surface area (Å²) in [6, 6.07) is 5.65. The van der Waals surface area contributed by atoms with Gasteiger partial charge in [-0.15, -0.1) is 0 Å². The molecule has 1 aromatic carbocycles. The fourth-order valence-electron chi connectivity index (χ4n) is 1.78. The molecule has 0 atom stereocenters. The normalized spacial score (nSPS) is 17.2. The van der Waals surface area contributed by atoms with E-state index in [1.54, 1.807) is 0 Å². The number of hydrogen-bond acceptors (Lipinski definition) is 4. The average Bonchev–Trinajstić information content (AvgIpc) is 2.38. The first-order valence-electron chi connectivity index (χ1n) is 5.32. The van der Waals surface area contributed by atoms with Crippen LogP contribution in [0.15, 0.2) is 27.8 Å². The summed E-state index contributed by atoms with van der Waals surface area (Å²) in [5.74, 6) is 0.110. The minimum atomic E-state index is 0.110. The number of benzene rings is 1. The maximum atomic E-state index is 8.62. The maximum Gasteiger partial charge on any atom is 0.170 e. The molecule has 0 spiro atoms. The van der Waals surface area contributed by atoms with Crippen molar-refractivity contribution in [2.75, 3.05) is 31.2 Å². The molecule has 0 unspecified atom stereocenters. The zero-order valence-corrected chi connectivity index (χ0v) is 10.9. The molecular weight excluding hydrogens is 286 g/mol. The van der Waals surface area contributed by atoms with Crippen molar-refractivity contribution < 1.29 is 9.94 Å². The molecule has 3 N–H and O–H groups in total. The molecule has 92 valence electrons. The standard InChI is InChI=1S/C11H14BrN3O2/c12-9-7-8(11(13)14-16)1-2-10(9)15-3-5-17-6-4-15/h1-2,7,16H,3-6H2,(H2,13,14). The molecule has 2 rings (SSSR count). The van der Waals surface area contributed by atoms with Crippen LogP contribution in [0.25, 0.3) is 0 Å². The molecule has 1 fully saturated rings. The van der Waals surface area contributed by atoms with E-state index in [9.17, 15) is 0 Å². The van der Waals surface area contributed by atoms with Gasteiger partial charge < -0.3 is 20.6 Å². The Hall–Kier alpha value is -1.27. The van der Waals surface area contributed by atoms with Crippen LogP contribution in [0.5, 0.6) is 0 Å². The van der Waals surface area contributed by atoms with Crippen molar-refractivity contribution in [3.63, 3.8) is 0 Å². The summed E-state index contributed by atoms with van der Waals surface area (Å²) in [6.07, 6.45) is 0. The van der Waals surface area contributed by atoms with Crippen LogP contribution in [0, 0.1) is 0 Å². The number of halogens is 1. The number of oxime groups is 1. The van der Waals surface area contributed by atoms with Crippen LogP contribution in [0.1, 0.15) is 5.56 Å². The predicted molar refractivity (Wildman–Crippen MR) is 69.7 cm³/mol. The van der Waals surface area contributed by atoms with E-state index in [4.69, 9.17) is 15.7 Å². The quantitative estimate of drug-likeness (QED) is 0.375. The second-order valence-electron chi connectivity index (χ2n) is 3.75. The van der Waals surface area contributed by atoms with Gasteiger partial charge in [0, 0.05) is 23.1 Å². The summed E-state index contributed by atoms with van der Waals surface area (Å²) in [5.41, 5.74) is 7.33. The third kappa shape index (κ3) is 2.70. The van der Waals surface area contributed by atoms with Gasteiger partial charge in [-0.25, -0.2) is 0 Å². The second-order valence-corrected chi connectivity index (χ2v) is 4.61. The number of nitrogens with two attached hydrogens (primary N) is 1. The van der Waals surface area contributed by atoms with Gasteiger partial charge in [0.05, 0.1) is 18.9 Å². The summed E-state index contributed by atoms with van der Waals surface area (Å²) in [7, 11) is 0. The van der Waals surface area contributed by atoms with E-state index in [1.165, 1.54) is 0 Å². The van der Waals surface area contributed by atoms with E-state index in [1.807, 2.05) is 18.2 Å². The van der Waals surface area contributed by atoms with E-state index in [-0.39, 0.29) is 5.84 Å². The summed E-state index contributed by atoms with van der Waals surface area (Å²) in [6.45, 7) is 3.24. The van der Waals surface area contributed by atoms with Gasteiger partial charge in [0.1, 0.15) is 0 Å². The topological polar surface area (TPSA) is 71.1 Å². The Morgan fingerprint density at radius 2 is 2.12 bits per heavy atom. The minimum Gasteiger partial charge on any atom is -0.409 e. The molecule has 0 saturated carbocycles. The molecule has 6 heteroatoms. The van der Waals surface area contributed by atoms with E-state index in [2.05, 4.69) is 26.0 Å². The lowest BCUT2D eigenvalue weighted by atomic mass is 10.1. The molecule has 0 amide bonds. The molecule has 5 nitrogen and oxygen atoms in total. The largest absolute Gasteiger partial charge is 0.409 e. The zero-order chi connectivity index (χ0) is 12.3. The second kappa shape index (κ2) is 5.37. The molecule has 1 aromatic rings. The van der Waals surface area contributed by atoms with Gasteiger partial charge in [-0.2, -0.15) is 0 Å². The Labute approximate surface area is 108 Å². The monoisotopic (exact) mass is 299 g/mol. The maximum absolute atomic E-state index is 8.62. The lowest BCUT2D eigenvalue weighted by Gasteiger charge is -2.29. The third-order valence-electron chi connectivity index (χ3n) is 2.70. The Morgan fingerprint density at radius 1 is 1.41 bits per heavy atom. The average molecular weight is 300 g/mol. The molecular formula is C11H14BrN3O2. The Morgan fingerprint density at radius 3 is 2.71 bits per heavy atom. The van der Waals surface area contributed by atoms with Crippen molar-refractivity contribution in [3.05, 3.63) is 28.2 Å². The molecule has 0 bridgehead atoms. The number of rotatable bonds is 2. The van der Waals surface area contributed by atoms with E-state index < -0.39 is 0 Å². The van der Waals surface area contributed by atoms with Crippen LogP contribution in [0.3, 0.4) is 0 Å². The van der Waals surface area contributed by atoms with Crippen molar-refractivity contribution in [2.45, 2.75) is 0 Å². The lowest BCUT2D eigenvalue weighted by Crippen LogP contribution is -2.36. The van der Waals surface area contributed by atoms with Crippen molar-refractivity contribution in [1.82, 2.24) is 0 Å². The van der Waals surface area contributed by atoms with Gasteiger partial charge in [0.25, 0.3) is 0 Å². The fourth-order valence-corrected chi connectivity index (χ4v) is 2.41. The number of amidine groups is 1. The summed E-state index contributed by atoms with van der Waals surface area (Å²) >= 11 is 3.51. The highest BCUT2D eigenvalue weighted by Crippen LogP contribution is 2.27. The SMILES string of the molecule is N/C(=N/O)c1ccc(N2CCOCC2)c(Br)c1. The predicted octanol–water partition coefficient (Wildman–Crippen LogP) is 1.38. The number of morpholine rings is 1. The zero-order valence-electron chi connectivity index (χ0n) is 9.27. The van der Waals surface area contributed by atoms with Gasteiger partial charge in [-0.05, 0) is 34.1 Å². The summed E-state index contributed by atoms with van der Waals surface area (Å²) in [5, 5.41) is 11.6. The van der Waals surface area contributed by atoms with Crippen molar-refractivity contribution in [2.24, 2.45) is 10.9 Å². The van der Waals surface area contributed by atoms with Crippen LogP contribution >= 0.6 is 15.9 Å². The molecule has 0 aromatic heterocycles. The molecule has 1 heterocycles. The Balaban J connectivity index is 2.24. The van der Waals surface area contributed by atoms with Crippen LogP contribution in [0.4, 0.5) is 5.69 Å². The van der Waals surface area contributed by atoms with Crippen molar-refractivity contribution >= 4 is 27.5 Å². The van der Waals surface area contributed by atoms with E-state index in [0.29, 0.717) is 5.56 Å². The van der Waals surface area contributed by atoms with Gasteiger partial charge >= 0.3 is 0 Å². The number of hydrogen-bond donors (Lipinski definition) is 2. The van der Waals surface area contributed by atoms with Crippen molar-refractivity contribution in [3.8, 4) is 0 Å². The van der Waals surface area contributed by atoms with Gasteiger partial charge in [-0.1, -0.05) is 5.16 Å². The molecule has 17 heavy (non-hydrogen) atoms. The minimum absolute atomic E-state index is 0.110. The molecule has 1 aliphatic heterocycles. The van der Waals surface area contributed by atoms with Crippen LogP contribution in [-0.4, -0.2) is 37.3 Å². The number of anilines is 1. The highest BCUT2D eigenvalue weighted by atomic mass is 79.9. The van der Waals surface area contributed by atoms with Crippen LogP contribution in [0.2, 0.25) is 0 Å². The first-order chi connectivity index (χ1) is 8.22. The molecule has 0 radical (unpaired) electrons. The number of ether oxygens (including phenoxy) is 1. The fraction of sp³-hybridized carbons (Fsp3) is 0.364. The Bertz CT molecular complexity index is 431.